The van der Waals surface area contributed by atoms with Gasteiger partial charge in [-0.15, -0.1) is 0 Å². The molecule has 0 fully saturated rings. The minimum absolute atomic E-state index is 0.517. The Bertz CT molecular complexity index is 1700. The molecule has 3 heterocycles. The predicted octanol–water partition coefficient (Wildman–Crippen LogP) is 6.92. The van der Waals surface area contributed by atoms with Gasteiger partial charge in [0.25, 0.3) is 0 Å². The van der Waals surface area contributed by atoms with E-state index in [1.807, 2.05) is 18.5 Å². The van der Waals surface area contributed by atoms with Gasteiger partial charge in [-0.3, -0.25) is 9.55 Å². The van der Waals surface area contributed by atoms with Gasteiger partial charge in [0, 0.05) is 23.2 Å². The van der Waals surface area contributed by atoms with Gasteiger partial charge >= 0.3 is 0 Å². The van der Waals surface area contributed by atoms with Crippen molar-refractivity contribution in [1.29, 1.82) is 0 Å². The largest absolute Gasteiger partial charge is 0.294 e. The van der Waals surface area contributed by atoms with E-state index in [1.54, 1.807) is 0 Å². The topological polar surface area (TPSA) is 30.7 Å². The van der Waals surface area contributed by atoms with Crippen LogP contribution in [-0.2, 0) is 0 Å². The van der Waals surface area contributed by atoms with Crippen molar-refractivity contribution in [1.82, 2.24) is 14.5 Å². The summed E-state index contributed by atoms with van der Waals surface area (Å²) in [5.41, 5.74) is 8.39. The second-order valence-electron chi connectivity index (χ2n) is 9.08. The first kappa shape index (κ1) is 21.7. The van der Waals surface area contributed by atoms with Crippen LogP contribution in [0.15, 0.2) is 103 Å². The highest BCUT2D eigenvalue weighted by Crippen LogP contribution is 2.35. The SMILES string of the molecule is Cc1ccnc(-n2c3ccccc3c3ccc(-c4cccc(P(C)c5cc(C)ccn5)c4)cc32)c1. The Morgan fingerprint density at radius 2 is 1.37 bits per heavy atom. The molecule has 0 aliphatic rings. The standard InChI is InChI=1S/C31H26N3P/c1-21-13-15-32-30(17-21)34-28-10-5-4-9-26(28)27-12-11-24(20-29(27)34)23-7-6-8-25(19-23)35(3)31-18-22(2)14-16-33-31/h4-20H,1-3H3. The highest BCUT2D eigenvalue weighted by molar-refractivity contribution is 7.72. The van der Waals surface area contributed by atoms with Crippen molar-refractivity contribution in [2.45, 2.75) is 13.8 Å². The molecule has 6 aromatic rings. The van der Waals surface area contributed by atoms with E-state index in [-0.39, 0.29) is 0 Å². The lowest BCUT2D eigenvalue weighted by Crippen LogP contribution is -2.14. The van der Waals surface area contributed by atoms with Gasteiger partial charge in [0.2, 0.25) is 0 Å². The Morgan fingerprint density at radius 1 is 0.629 bits per heavy atom. The lowest BCUT2D eigenvalue weighted by molar-refractivity contribution is 1.07. The van der Waals surface area contributed by atoms with Crippen molar-refractivity contribution in [3.8, 4) is 16.9 Å². The molecule has 3 aromatic heterocycles. The maximum Gasteiger partial charge on any atom is 0.137 e. The van der Waals surface area contributed by atoms with E-state index in [2.05, 4.69) is 115 Å². The number of aromatic nitrogens is 3. The molecule has 0 amide bonds. The van der Waals surface area contributed by atoms with Gasteiger partial charge in [-0.2, -0.15) is 0 Å². The molecule has 1 atom stereocenters. The van der Waals surface area contributed by atoms with Crippen LogP contribution < -0.4 is 10.7 Å². The van der Waals surface area contributed by atoms with Crippen LogP contribution in [0.3, 0.4) is 0 Å². The maximum atomic E-state index is 4.72. The molecule has 0 saturated carbocycles. The van der Waals surface area contributed by atoms with Crippen LogP contribution in [0, 0.1) is 13.8 Å². The van der Waals surface area contributed by atoms with E-state index in [1.165, 1.54) is 54.8 Å². The first-order valence-corrected chi connectivity index (χ1v) is 13.6. The average Bonchev–Trinajstić information content (AvgIpc) is 3.22. The van der Waals surface area contributed by atoms with Gasteiger partial charge in [-0.05, 0) is 98.5 Å². The molecule has 4 heteroatoms. The molecule has 0 spiro atoms. The first-order valence-electron chi connectivity index (χ1n) is 11.8. The predicted molar refractivity (Wildman–Crippen MR) is 150 cm³/mol. The molecule has 1 unspecified atom stereocenters. The third-order valence-electron chi connectivity index (χ3n) is 6.62. The summed E-state index contributed by atoms with van der Waals surface area (Å²) in [5, 5.41) is 3.82. The Morgan fingerprint density at radius 3 is 2.20 bits per heavy atom. The number of benzene rings is 3. The first-order chi connectivity index (χ1) is 17.1. The third kappa shape index (κ3) is 3.92. The summed E-state index contributed by atoms with van der Waals surface area (Å²) in [6.45, 7) is 6.53. The molecule has 0 bridgehead atoms. The highest BCUT2D eigenvalue weighted by atomic mass is 31.1. The van der Waals surface area contributed by atoms with E-state index < -0.39 is 7.92 Å². The Labute approximate surface area is 206 Å². The fourth-order valence-electron chi connectivity index (χ4n) is 4.77. The lowest BCUT2D eigenvalue weighted by Gasteiger charge is -2.14. The van der Waals surface area contributed by atoms with Crippen molar-refractivity contribution >= 4 is 40.5 Å². The third-order valence-corrected chi connectivity index (χ3v) is 8.60. The molecule has 170 valence electrons. The molecule has 0 aliphatic heterocycles. The van der Waals surface area contributed by atoms with Crippen molar-refractivity contribution in [3.63, 3.8) is 0 Å². The van der Waals surface area contributed by atoms with Gasteiger partial charge in [0.05, 0.1) is 16.5 Å². The summed E-state index contributed by atoms with van der Waals surface area (Å²) in [7, 11) is -0.517. The van der Waals surface area contributed by atoms with Crippen molar-refractivity contribution in [2.75, 3.05) is 6.66 Å². The van der Waals surface area contributed by atoms with Crippen LogP contribution in [0.4, 0.5) is 0 Å². The minimum atomic E-state index is -0.517. The summed E-state index contributed by atoms with van der Waals surface area (Å²) in [6, 6.07) is 32.8. The normalized spacial score (nSPS) is 12.3. The van der Waals surface area contributed by atoms with Gasteiger partial charge in [0.1, 0.15) is 5.82 Å². The summed E-state index contributed by atoms with van der Waals surface area (Å²) < 4.78 is 2.29. The number of aryl methyl sites for hydroxylation is 2. The smallest absolute Gasteiger partial charge is 0.137 e. The fourth-order valence-corrected chi connectivity index (χ4v) is 6.31. The van der Waals surface area contributed by atoms with Crippen molar-refractivity contribution in [3.05, 3.63) is 115 Å². The molecule has 0 N–H and O–H groups in total. The molecule has 3 nitrogen and oxygen atoms in total. The molecule has 6 rings (SSSR count). The second kappa shape index (κ2) is 8.76. The number of hydrogen-bond donors (Lipinski definition) is 0. The van der Waals surface area contributed by atoms with Crippen LogP contribution in [0.2, 0.25) is 0 Å². The van der Waals surface area contributed by atoms with Crippen LogP contribution in [0.1, 0.15) is 11.1 Å². The van der Waals surface area contributed by atoms with Crippen molar-refractivity contribution < 1.29 is 0 Å². The van der Waals surface area contributed by atoms with E-state index in [0.29, 0.717) is 0 Å². The average molecular weight is 472 g/mol. The number of para-hydroxylation sites is 1. The number of hydrogen-bond acceptors (Lipinski definition) is 2. The lowest BCUT2D eigenvalue weighted by atomic mass is 10.0. The van der Waals surface area contributed by atoms with Gasteiger partial charge < -0.3 is 0 Å². The minimum Gasteiger partial charge on any atom is -0.294 e. The zero-order chi connectivity index (χ0) is 23.9. The highest BCUT2D eigenvalue weighted by Gasteiger charge is 2.15. The molecule has 0 aliphatic carbocycles. The van der Waals surface area contributed by atoms with Gasteiger partial charge in [-0.25, -0.2) is 4.98 Å². The Balaban J connectivity index is 1.51. The number of fused-ring (bicyclic) bond motifs is 3. The van der Waals surface area contributed by atoms with Crippen LogP contribution in [0.25, 0.3) is 38.8 Å². The van der Waals surface area contributed by atoms with Crippen molar-refractivity contribution in [2.24, 2.45) is 0 Å². The monoisotopic (exact) mass is 471 g/mol. The zero-order valence-electron chi connectivity index (χ0n) is 20.1. The Hall–Kier alpha value is -3.81. The fraction of sp³-hybridized carbons (Fsp3) is 0.0968. The summed E-state index contributed by atoms with van der Waals surface area (Å²) >= 11 is 0. The molecular weight excluding hydrogens is 445 g/mol. The van der Waals surface area contributed by atoms with E-state index in [9.17, 15) is 0 Å². The van der Waals surface area contributed by atoms with Crippen LogP contribution in [0.5, 0.6) is 0 Å². The van der Waals surface area contributed by atoms with E-state index in [4.69, 9.17) is 4.98 Å². The quantitative estimate of drug-likeness (QED) is 0.261. The zero-order valence-corrected chi connectivity index (χ0v) is 21.0. The Kier molecular flexibility index (Phi) is 5.43. The maximum absolute atomic E-state index is 4.72. The summed E-state index contributed by atoms with van der Waals surface area (Å²) in [6.07, 6.45) is 3.81. The molecule has 3 aromatic carbocycles. The summed E-state index contributed by atoms with van der Waals surface area (Å²) in [4.78, 5) is 9.38. The molecule has 0 radical (unpaired) electrons. The number of nitrogens with zero attached hydrogens (tertiary/aromatic N) is 3. The molecule has 35 heavy (non-hydrogen) atoms. The van der Waals surface area contributed by atoms with Crippen LogP contribution >= 0.6 is 7.92 Å². The number of rotatable bonds is 4. The van der Waals surface area contributed by atoms with E-state index in [0.717, 1.165) is 5.82 Å². The van der Waals surface area contributed by atoms with E-state index >= 15 is 0 Å². The van der Waals surface area contributed by atoms with Gasteiger partial charge in [-0.1, -0.05) is 48.5 Å². The molecule has 0 saturated heterocycles. The second-order valence-corrected chi connectivity index (χ2v) is 11.2. The molecular formula is C31H26N3P. The number of pyridine rings is 2. The summed E-state index contributed by atoms with van der Waals surface area (Å²) in [5.74, 6) is 0.949. The van der Waals surface area contributed by atoms with Gasteiger partial charge in [0.15, 0.2) is 0 Å². The van der Waals surface area contributed by atoms with Crippen LogP contribution in [-0.4, -0.2) is 21.2 Å².